The molecular formula is C10H17NO5. The number of hydrogen-bond acceptors (Lipinski definition) is 4. The summed E-state index contributed by atoms with van der Waals surface area (Å²) in [5.41, 5.74) is -1.29. The van der Waals surface area contributed by atoms with Gasteiger partial charge in [-0.3, -0.25) is 0 Å². The molecule has 1 aliphatic heterocycles. The van der Waals surface area contributed by atoms with Crippen molar-refractivity contribution < 1.29 is 24.2 Å². The lowest BCUT2D eigenvalue weighted by Gasteiger charge is -2.36. The minimum atomic E-state index is -1.29. The number of carboxylic acids is 1. The molecule has 0 aromatic carbocycles. The second-order valence-electron chi connectivity index (χ2n) is 4.01. The smallest absolute Gasteiger partial charge is 0.407 e. The summed E-state index contributed by atoms with van der Waals surface area (Å²) in [6, 6.07) is 0. The van der Waals surface area contributed by atoms with Crippen molar-refractivity contribution in [2.75, 3.05) is 20.3 Å². The molecule has 1 heterocycles. The quantitative estimate of drug-likeness (QED) is 0.743. The zero-order valence-corrected chi connectivity index (χ0v) is 9.49. The zero-order valence-electron chi connectivity index (χ0n) is 9.49. The summed E-state index contributed by atoms with van der Waals surface area (Å²) in [7, 11) is 1.21. The van der Waals surface area contributed by atoms with E-state index in [0.29, 0.717) is 26.1 Å². The molecule has 0 aromatic rings. The Morgan fingerprint density at radius 3 is 2.44 bits per heavy atom. The normalized spacial score (nSPS) is 20.9. The highest BCUT2D eigenvalue weighted by atomic mass is 16.5. The van der Waals surface area contributed by atoms with E-state index in [1.54, 1.807) is 0 Å². The highest BCUT2D eigenvalue weighted by molar-refractivity contribution is 5.84. The summed E-state index contributed by atoms with van der Waals surface area (Å²) in [5, 5.41) is 11.6. The predicted octanol–water partition coefficient (Wildman–Crippen LogP) is 0.612. The van der Waals surface area contributed by atoms with Crippen LogP contribution in [0.15, 0.2) is 0 Å². The van der Waals surface area contributed by atoms with Crippen LogP contribution in [0.5, 0.6) is 0 Å². The highest BCUT2D eigenvalue weighted by Crippen LogP contribution is 2.27. The molecular weight excluding hydrogens is 214 g/mol. The maximum absolute atomic E-state index is 11.3. The first-order valence-corrected chi connectivity index (χ1v) is 5.18. The second-order valence-corrected chi connectivity index (χ2v) is 4.01. The molecule has 0 aromatic heterocycles. The SMILES string of the molecule is COC(=O)N[C@](C)(C(=O)O)C1CCOCC1. The van der Waals surface area contributed by atoms with Gasteiger partial charge >= 0.3 is 12.1 Å². The molecule has 6 nitrogen and oxygen atoms in total. The van der Waals surface area contributed by atoms with Gasteiger partial charge in [0.2, 0.25) is 0 Å². The summed E-state index contributed by atoms with van der Waals surface area (Å²) < 4.78 is 9.61. The molecule has 16 heavy (non-hydrogen) atoms. The number of methoxy groups -OCH3 is 1. The Bertz CT molecular complexity index is 274. The average Bonchev–Trinajstić information content (AvgIpc) is 2.29. The number of alkyl carbamates (subject to hydrolysis) is 1. The van der Waals surface area contributed by atoms with Gasteiger partial charge in [0.1, 0.15) is 5.54 Å². The zero-order chi connectivity index (χ0) is 12.2. The molecule has 0 bridgehead atoms. The fraction of sp³-hybridized carbons (Fsp3) is 0.800. The second kappa shape index (κ2) is 5.16. The van der Waals surface area contributed by atoms with E-state index in [-0.39, 0.29) is 5.92 Å². The van der Waals surface area contributed by atoms with Crippen LogP contribution in [0.4, 0.5) is 4.79 Å². The lowest BCUT2D eigenvalue weighted by molar-refractivity contribution is -0.148. The van der Waals surface area contributed by atoms with Crippen LogP contribution in [0.25, 0.3) is 0 Å². The first kappa shape index (κ1) is 12.8. The standard InChI is InChI=1S/C10H17NO5/c1-10(8(12)13,11-9(14)15-2)7-3-5-16-6-4-7/h7H,3-6H2,1-2H3,(H,11,14)(H,12,13)/t10-/m0/s1. The highest BCUT2D eigenvalue weighted by Gasteiger charge is 2.43. The number of carboxylic acid groups (broad SMARTS) is 1. The number of aliphatic carboxylic acids is 1. The Balaban J connectivity index is 2.77. The average molecular weight is 231 g/mol. The fourth-order valence-corrected chi connectivity index (χ4v) is 1.87. The molecule has 1 saturated heterocycles. The summed E-state index contributed by atoms with van der Waals surface area (Å²) in [5.74, 6) is -1.19. The van der Waals surface area contributed by atoms with Gasteiger partial charge in [-0.05, 0) is 25.7 Å². The van der Waals surface area contributed by atoms with Crippen LogP contribution in [0.3, 0.4) is 0 Å². The molecule has 1 atom stereocenters. The van der Waals surface area contributed by atoms with Gasteiger partial charge in [0, 0.05) is 13.2 Å². The lowest BCUT2D eigenvalue weighted by atomic mass is 9.80. The lowest BCUT2D eigenvalue weighted by Crippen LogP contribution is -2.58. The first-order chi connectivity index (χ1) is 7.50. The van der Waals surface area contributed by atoms with Gasteiger partial charge in [-0.15, -0.1) is 0 Å². The van der Waals surface area contributed by atoms with Crippen molar-refractivity contribution in [3.8, 4) is 0 Å². The number of hydrogen-bond donors (Lipinski definition) is 2. The third-order valence-electron chi connectivity index (χ3n) is 3.03. The molecule has 2 N–H and O–H groups in total. The molecule has 0 unspecified atom stereocenters. The van der Waals surface area contributed by atoms with Gasteiger partial charge in [-0.2, -0.15) is 0 Å². The van der Waals surface area contributed by atoms with Gasteiger partial charge in [0.25, 0.3) is 0 Å². The topological polar surface area (TPSA) is 84.9 Å². The third-order valence-corrected chi connectivity index (χ3v) is 3.03. The summed E-state index contributed by atoms with van der Waals surface area (Å²) in [6.07, 6.45) is 0.510. The van der Waals surface area contributed by atoms with E-state index in [9.17, 15) is 14.7 Å². The van der Waals surface area contributed by atoms with Crippen LogP contribution < -0.4 is 5.32 Å². The Labute approximate surface area is 93.9 Å². The van der Waals surface area contributed by atoms with E-state index in [4.69, 9.17) is 4.74 Å². The van der Waals surface area contributed by atoms with E-state index in [1.165, 1.54) is 14.0 Å². The molecule has 1 fully saturated rings. The van der Waals surface area contributed by atoms with Gasteiger partial charge in [-0.25, -0.2) is 9.59 Å². The van der Waals surface area contributed by atoms with Gasteiger partial charge in [0.05, 0.1) is 7.11 Å². The molecule has 6 heteroatoms. The van der Waals surface area contributed by atoms with Crippen LogP contribution in [-0.4, -0.2) is 43.0 Å². The summed E-state index contributed by atoms with van der Waals surface area (Å²) in [6.45, 7) is 2.55. The van der Waals surface area contributed by atoms with E-state index >= 15 is 0 Å². The molecule has 1 aliphatic rings. The molecule has 1 rings (SSSR count). The van der Waals surface area contributed by atoms with E-state index < -0.39 is 17.6 Å². The molecule has 92 valence electrons. The monoisotopic (exact) mass is 231 g/mol. The number of ether oxygens (including phenoxy) is 2. The Hall–Kier alpha value is -1.30. The summed E-state index contributed by atoms with van der Waals surface area (Å²) in [4.78, 5) is 22.4. The molecule has 0 radical (unpaired) electrons. The van der Waals surface area contributed by atoms with Crippen molar-refractivity contribution in [2.45, 2.75) is 25.3 Å². The van der Waals surface area contributed by atoms with Crippen LogP contribution in [0.1, 0.15) is 19.8 Å². The van der Waals surface area contributed by atoms with Crippen molar-refractivity contribution in [1.82, 2.24) is 5.32 Å². The van der Waals surface area contributed by atoms with Crippen LogP contribution in [0, 0.1) is 5.92 Å². The van der Waals surface area contributed by atoms with Gasteiger partial charge in [0.15, 0.2) is 0 Å². The van der Waals surface area contributed by atoms with Crippen molar-refractivity contribution >= 4 is 12.1 Å². The van der Waals surface area contributed by atoms with Gasteiger partial charge in [-0.1, -0.05) is 0 Å². The molecule has 1 amide bonds. The molecule has 0 spiro atoms. The van der Waals surface area contributed by atoms with Crippen molar-refractivity contribution in [2.24, 2.45) is 5.92 Å². The van der Waals surface area contributed by atoms with Crippen LogP contribution in [0.2, 0.25) is 0 Å². The maximum atomic E-state index is 11.3. The first-order valence-electron chi connectivity index (χ1n) is 5.18. The summed E-state index contributed by atoms with van der Waals surface area (Å²) >= 11 is 0. The Morgan fingerprint density at radius 2 is 2.00 bits per heavy atom. The number of carbonyl (C=O) groups is 2. The predicted molar refractivity (Wildman–Crippen MR) is 55.1 cm³/mol. The van der Waals surface area contributed by atoms with E-state index in [0.717, 1.165) is 0 Å². The largest absolute Gasteiger partial charge is 0.480 e. The number of amides is 1. The molecule has 0 saturated carbocycles. The minimum Gasteiger partial charge on any atom is -0.480 e. The fourth-order valence-electron chi connectivity index (χ4n) is 1.87. The number of rotatable bonds is 3. The third kappa shape index (κ3) is 2.63. The van der Waals surface area contributed by atoms with Crippen molar-refractivity contribution in [3.05, 3.63) is 0 Å². The molecule has 0 aliphatic carbocycles. The minimum absolute atomic E-state index is 0.141. The number of carbonyl (C=O) groups excluding carboxylic acids is 1. The van der Waals surface area contributed by atoms with Crippen LogP contribution in [-0.2, 0) is 14.3 Å². The van der Waals surface area contributed by atoms with Crippen molar-refractivity contribution in [3.63, 3.8) is 0 Å². The van der Waals surface area contributed by atoms with E-state index in [1.807, 2.05) is 0 Å². The maximum Gasteiger partial charge on any atom is 0.407 e. The van der Waals surface area contributed by atoms with Crippen LogP contribution >= 0.6 is 0 Å². The Morgan fingerprint density at radius 1 is 1.44 bits per heavy atom. The van der Waals surface area contributed by atoms with E-state index in [2.05, 4.69) is 10.1 Å². The number of nitrogens with one attached hydrogen (secondary N) is 1. The van der Waals surface area contributed by atoms with Gasteiger partial charge < -0.3 is 19.9 Å². The Kier molecular flexibility index (Phi) is 4.12. The van der Waals surface area contributed by atoms with Crippen molar-refractivity contribution in [1.29, 1.82) is 0 Å².